The predicted octanol–water partition coefficient (Wildman–Crippen LogP) is -0.302. The number of H-pyrrole nitrogens is 5. The normalized spacial score (nSPS) is 13.6. The number of carbonyl (C=O) groups excluding carboxylic acids is 9. The number of carboxylic acid groups (broad SMARTS) is 1. The lowest BCUT2D eigenvalue weighted by Gasteiger charge is -2.28. The quantitative estimate of drug-likeness (QED) is 0.0132. The van der Waals surface area contributed by atoms with Gasteiger partial charge in [-0.15, -0.1) is 0 Å². The molecule has 5 heterocycles. The lowest BCUT2D eigenvalue weighted by molar-refractivity contribution is -0.142. The first-order valence-corrected chi connectivity index (χ1v) is 41.4. The van der Waals surface area contributed by atoms with Crippen LogP contribution in [0.25, 0.3) is 54.5 Å². The van der Waals surface area contributed by atoms with Gasteiger partial charge in [-0.05, 0) is 122 Å². The highest BCUT2D eigenvalue weighted by atomic mass is 16.4. The van der Waals surface area contributed by atoms with Gasteiger partial charge in [-0.3, -0.25) is 70.2 Å². The fourth-order valence-corrected chi connectivity index (χ4v) is 15.0. The van der Waals surface area contributed by atoms with Crippen molar-refractivity contribution in [1.82, 2.24) is 99.4 Å². The zero-order valence-corrected chi connectivity index (χ0v) is 69.3. The van der Waals surface area contributed by atoms with Gasteiger partial charge in [0.15, 0.2) is 29.8 Å². The van der Waals surface area contributed by atoms with Crippen molar-refractivity contribution in [2.75, 3.05) is 32.7 Å². The number of para-hydroxylation sites is 5. The molecule has 0 aliphatic carbocycles. The Morgan fingerprint density at radius 1 is 0.270 bits per heavy atom. The third-order valence-corrected chi connectivity index (χ3v) is 21.5. The summed E-state index contributed by atoms with van der Waals surface area (Å²) in [5.41, 5.74) is 40.8. The lowest BCUT2D eigenvalue weighted by atomic mass is 10.00. The molecule has 10 atom stereocenters. The summed E-state index contributed by atoms with van der Waals surface area (Å²) in [5.74, 6) is -11.2. The molecule has 5 aromatic heterocycles. The van der Waals surface area contributed by atoms with Crippen molar-refractivity contribution in [2.45, 2.75) is 157 Å². The molecule has 41 nitrogen and oxygen atoms in total. The first-order chi connectivity index (χ1) is 60.5. The highest BCUT2D eigenvalue weighted by Crippen LogP contribution is 2.26. The number of benzene rings is 5. The maximum Gasteiger partial charge on any atom is 0.326 e. The molecule has 0 unspecified atom stereocenters. The van der Waals surface area contributed by atoms with Gasteiger partial charge >= 0.3 is 5.97 Å². The van der Waals surface area contributed by atoms with Crippen molar-refractivity contribution in [3.8, 4) is 0 Å². The van der Waals surface area contributed by atoms with Gasteiger partial charge in [0.1, 0.15) is 54.4 Å². The number of fused-ring (bicyclic) bond motifs is 5. The number of amides is 9. The van der Waals surface area contributed by atoms with Crippen molar-refractivity contribution < 1.29 is 53.1 Å². The number of guanidine groups is 5. The van der Waals surface area contributed by atoms with Crippen LogP contribution in [0.3, 0.4) is 0 Å². The average Bonchev–Trinajstić information content (AvgIpc) is 1.66. The summed E-state index contributed by atoms with van der Waals surface area (Å²) in [7, 11) is 0. The van der Waals surface area contributed by atoms with E-state index in [1.54, 1.807) is 122 Å². The topological polar surface area (TPSA) is 714 Å². The van der Waals surface area contributed by atoms with E-state index >= 15 is 33.6 Å². The van der Waals surface area contributed by atoms with Crippen LogP contribution in [-0.2, 0) is 80.0 Å². The molecular formula is C85H112N30O11. The zero-order valence-electron chi connectivity index (χ0n) is 69.3. The van der Waals surface area contributed by atoms with Gasteiger partial charge in [0.05, 0.1) is 6.04 Å². The van der Waals surface area contributed by atoms with Crippen LogP contribution in [0.4, 0.5) is 0 Å². The Morgan fingerprint density at radius 3 is 0.675 bits per heavy atom. The van der Waals surface area contributed by atoms with Crippen molar-refractivity contribution >= 4 is 143 Å². The Bertz CT molecular complexity index is 5540. The second-order valence-electron chi connectivity index (χ2n) is 30.7. The minimum atomic E-state index is -1.62. The summed E-state index contributed by atoms with van der Waals surface area (Å²) in [4.78, 5) is 166. The predicted molar refractivity (Wildman–Crippen MR) is 479 cm³/mol. The van der Waals surface area contributed by atoms with Crippen LogP contribution in [0.15, 0.2) is 152 Å². The number of hydrogen-bond acceptors (Lipinski definition) is 16. The summed E-state index contributed by atoms with van der Waals surface area (Å²) in [6.45, 7) is 0.335. The van der Waals surface area contributed by atoms with Gasteiger partial charge in [-0.2, -0.15) is 0 Å². The Hall–Kier alpha value is -15.2. The number of rotatable bonds is 49. The molecule has 5 aromatic carbocycles. The molecule has 0 radical (unpaired) electrons. The van der Waals surface area contributed by atoms with Crippen LogP contribution in [0.5, 0.6) is 0 Å². The van der Waals surface area contributed by atoms with Gasteiger partial charge < -0.3 is 139 Å². The number of aliphatic carboxylic acids is 1. The first-order valence-electron chi connectivity index (χ1n) is 41.4. The van der Waals surface area contributed by atoms with Crippen molar-refractivity contribution in [3.63, 3.8) is 0 Å². The van der Waals surface area contributed by atoms with E-state index in [1.807, 2.05) is 30.3 Å². The summed E-state index contributed by atoms with van der Waals surface area (Å²) in [6.07, 6.45) is 7.30. The Labute approximate surface area is 723 Å². The molecule has 0 saturated carbocycles. The van der Waals surface area contributed by atoms with E-state index in [0.29, 0.717) is 66.9 Å². The number of carbonyl (C=O) groups is 10. The smallest absolute Gasteiger partial charge is 0.326 e. The number of aromatic amines is 5. The molecular weight excluding hydrogens is 1620 g/mol. The Balaban J connectivity index is 0.958. The average molecular weight is 1730 g/mol. The summed E-state index contributed by atoms with van der Waals surface area (Å²) in [5, 5.41) is 91.7. The van der Waals surface area contributed by atoms with Crippen LogP contribution < -0.4 is 109 Å². The highest BCUT2D eigenvalue weighted by molar-refractivity contribution is 6.01. The van der Waals surface area contributed by atoms with E-state index in [-0.39, 0.29) is 140 Å². The monoisotopic (exact) mass is 1730 g/mol. The minimum absolute atomic E-state index is 0.00106. The third kappa shape index (κ3) is 27.2. The maximum atomic E-state index is 15.7. The fourth-order valence-electron chi connectivity index (χ4n) is 15.0. The summed E-state index contributed by atoms with van der Waals surface area (Å²) in [6, 6.07) is 21.1. The van der Waals surface area contributed by atoms with E-state index in [4.69, 9.17) is 61.4 Å². The van der Waals surface area contributed by atoms with Crippen molar-refractivity contribution in [1.29, 1.82) is 27.0 Å². The molecule has 37 N–H and O–H groups in total. The molecule has 668 valence electrons. The zero-order chi connectivity index (χ0) is 90.3. The minimum Gasteiger partial charge on any atom is -0.480 e. The van der Waals surface area contributed by atoms with Gasteiger partial charge in [0.2, 0.25) is 53.2 Å². The number of aromatic nitrogens is 5. The van der Waals surface area contributed by atoms with Gasteiger partial charge in [-0.25, -0.2) is 4.79 Å². The van der Waals surface area contributed by atoms with Crippen LogP contribution in [0, 0.1) is 27.0 Å². The molecule has 126 heavy (non-hydrogen) atoms. The molecule has 10 aromatic rings. The molecule has 9 amide bonds. The molecule has 0 saturated heterocycles. The van der Waals surface area contributed by atoms with E-state index in [2.05, 4.69) is 99.4 Å². The molecule has 0 aliphatic rings. The highest BCUT2D eigenvalue weighted by Gasteiger charge is 2.38. The van der Waals surface area contributed by atoms with E-state index in [0.717, 1.165) is 21.8 Å². The number of carboxylic acids is 1. The van der Waals surface area contributed by atoms with E-state index < -0.39 is 131 Å². The molecule has 0 aliphatic heterocycles. The van der Waals surface area contributed by atoms with Gasteiger partial charge in [0.25, 0.3) is 0 Å². The number of nitrogens with two attached hydrogens (primary N) is 6. The van der Waals surface area contributed by atoms with Crippen LogP contribution in [-0.4, -0.2) is 212 Å². The fraction of sp³-hybridized carbons (Fsp3) is 0.353. The summed E-state index contributed by atoms with van der Waals surface area (Å²) < 4.78 is 0. The summed E-state index contributed by atoms with van der Waals surface area (Å²) >= 11 is 0. The third-order valence-electron chi connectivity index (χ3n) is 21.5. The van der Waals surface area contributed by atoms with Crippen LogP contribution in [0.1, 0.15) is 92.0 Å². The Kier molecular flexibility index (Phi) is 33.7. The first kappa shape index (κ1) is 93.1. The van der Waals surface area contributed by atoms with Gasteiger partial charge in [-0.1, -0.05) is 91.0 Å². The van der Waals surface area contributed by atoms with E-state index in [9.17, 15) is 19.5 Å². The molecule has 41 heteroatoms. The van der Waals surface area contributed by atoms with Crippen molar-refractivity contribution in [2.24, 2.45) is 34.4 Å². The van der Waals surface area contributed by atoms with Gasteiger partial charge in [0, 0.05) is 150 Å². The Morgan fingerprint density at radius 2 is 0.452 bits per heavy atom. The lowest BCUT2D eigenvalue weighted by Crippen LogP contribution is -2.61. The molecule has 0 fully saturated rings. The maximum absolute atomic E-state index is 15.7. The molecule has 0 bridgehead atoms. The number of nitrogens with one attached hydrogen (secondary N) is 24. The second-order valence-corrected chi connectivity index (χ2v) is 30.7. The number of hydrogen-bond donors (Lipinski definition) is 31. The SMILES string of the molecule is N=C(N)NCCC[C@H](NC(=O)[C@H](Cc1c[nH]c2ccccc12)NC(=O)[C@H](CCCNC(=N)N)NC(=O)[C@H](Cc1c[nH]c2ccccc12)NC(=O)[C@H](CCCNC(=N)N)NC(=O)[C@H](Cc1c[nH]c2ccccc12)NC(=O)[C@H](CCCNC(=N)N)NC(=O)[C@H](Cc1c[nH]c2ccccc12)NC(=O)[C@@H](N)CCCNC(=N)N)C(=O)N[C@@H](Cc1c[nH]c2ccccc12)C(=O)O. The second kappa shape index (κ2) is 45.6. The molecule has 10 rings (SSSR count). The van der Waals surface area contributed by atoms with Crippen molar-refractivity contribution in [3.05, 3.63) is 180 Å². The van der Waals surface area contributed by atoms with Crippen LogP contribution in [0.2, 0.25) is 0 Å². The molecule has 0 spiro atoms. The van der Waals surface area contributed by atoms with Crippen LogP contribution >= 0.6 is 0 Å². The standard InChI is InChI=1S/C85H112N30O11/c86-56(21-11-31-97-81(87)88)71(116)111-66(36-46-41-102-57-22-6-1-16-51(46)57)76(121)107-62(27-12-32-98-82(89)90)72(117)112-67(37-47-42-103-58-23-7-2-17-52(47)58)77(122)108-63(28-13-33-99-83(91)92)73(118)113-68(38-48-43-104-59-24-8-3-18-53(48)59)78(123)109-64(29-14-34-100-84(93)94)74(119)114-69(39-49-44-105-60-25-9-4-19-54(49)60)79(124)110-65(30-15-35-101-85(95)96)75(120)115-70(80(125)126)40-50-45-106-61-26-10-5-20-55(50)61/h1-10,16-20,22-26,41-45,56,62-70,102-106H,11-15,21,27-40,86H2,(H,107,121)(H,108,122)(H,109,123)(H,110,124)(H,111,116)(H,112,117)(H,113,118)(H,114,119)(H,115,120)(H,125,126)(H4,87,88,97)(H4,89,90,98)(H4,91,92,99)(H4,93,94,100)(H4,95,96,101)/t56-,62-,63-,64-,65-,66-,67-,68-,69-,70-/m0/s1. The largest absolute Gasteiger partial charge is 0.480 e. The van der Waals surface area contributed by atoms with E-state index in [1.165, 1.54) is 0 Å².